The van der Waals surface area contributed by atoms with Crippen LogP contribution in [-0.2, 0) is 9.59 Å². The molecule has 1 N–H and O–H groups in total. The third-order valence-electron chi connectivity index (χ3n) is 4.46. The highest BCUT2D eigenvalue weighted by molar-refractivity contribution is 6.06. The van der Waals surface area contributed by atoms with Crippen molar-refractivity contribution in [3.05, 3.63) is 0 Å². The largest absolute Gasteiger partial charge is 0.387 e. The Morgan fingerprint density at radius 2 is 1.85 bits per heavy atom. The van der Waals surface area contributed by atoms with Gasteiger partial charge in [0.2, 0.25) is 11.8 Å². The Morgan fingerprint density at radius 3 is 2.40 bits per heavy atom. The average Bonchev–Trinajstić information content (AvgIpc) is 2.53. The molecule has 2 amide bonds. The van der Waals surface area contributed by atoms with Gasteiger partial charge in [0.05, 0.1) is 17.6 Å². The van der Waals surface area contributed by atoms with Crippen molar-refractivity contribution in [1.82, 2.24) is 9.80 Å². The maximum Gasteiger partial charge on any atom is 0.236 e. The molecule has 0 aromatic heterocycles. The van der Waals surface area contributed by atoms with E-state index >= 15 is 0 Å². The third-order valence-corrected chi connectivity index (χ3v) is 4.46. The number of β-amino-alcohol motifs (C(OH)–C–C–N with tert-alkyl or cyclic N) is 1. The molecule has 2 fully saturated rings. The van der Waals surface area contributed by atoms with E-state index in [1.165, 1.54) is 4.90 Å². The van der Waals surface area contributed by atoms with Crippen LogP contribution in [0.4, 0.5) is 0 Å². The van der Waals surface area contributed by atoms with E-state index < -0.39 is 11.0 Å². The van der Waals surface area contributed by atoms with Gasteiger partial charge in [-0.3, -0.25) is 14.5 Å². The third kappa shape index (κ3) is 3.04. The van der Waals surface area contributed by atoms with Crippen molar-refractivity contribution in [1.29, 1.82) is 0 Å². The average molecular weight is 282 g/mol. The predicted molar refractivity (Wildman–Crippen MR) is 76.0 cm³/mol. The molecule has 1 heterocycles. The molecule has 1 saturated heterocycles. The predicted octanol–water partition coefficient (Wildman–Crippen LogP) is 1.01. The molecule has 1 saturated carbocycles. The molecule has 2 aliphatic rings. The molecule has 1 unspecified atom stereocenters. The number of nitrogens with zero attached hydrogens (tertiary/aromatic N) is 2. The summed E-state index contributed by atoms with van der Waals surface area (Å²) in [5, 5.41) is 10.4. The maximum atomic E-state index is 12.6. The number of rotatable bonds is 4. The topological polar surface area (TPSA) is 60.9 Å². The van der Waals surface area contributed by atoms with E-state index in [0.717, 1.165) is 32.1 Å². The van der Waals surface area contributed by atoms with Gasteiger partial charge in [-0.05, 0) is 33.9 Å². The Labute approximate surface area is 120 Å². The summed E-state index contributed by atoms with van der Waals surface area (Å²) in [5.74, 6) is -0.169. The molecule has 0 bridgehead atoms. The van der Waals surface area contributed by atoms with Crippen LogP contribution in [-0.4, -0.2) is 59.5 Å². The molecule has 5 nitrogen and oxygen atoms in total. The first-order valence-electron chi connectivity index (χ1n) is 7.48. The van der Waals surface area contributed by atoms with Crippen molar-refractivity contribution in [2.45, 2.75) is 51.0 Å². The number of likely N-dealkylation sites (N-methyl/N-ethyl adjacent to an activating group) is 1. The first kappa shape index (κ1) is 15.4. The molecule has 114 valence electrons. The van der Waals surface area contributed by atoms with E-state index in [0.29, 0.717) is 13.0 Å². The molecular formula is C15H26N2O3. The van der Waals surface area contributed by atoms with Gasteiger partial charge < -0.3 is 10.0 Å². The van der Waals surface area contributed by atoms with Gasteiger partial charge >= 0.3 is 0 Å². The minimum atomic E-state index is -1.06. The quantitative estimate of drug-likeness (QED) is 0.782. The Hall–Kier alpha value is -0.940. The van der Waals surface area contributed by atoms with Crippen molar-refractivity contribution >= 4 is 11.8 Å². The molecule has 5 heteroatoms. The van der Waals surface area contributed by atoms with Crippen LogP contribution >= 0.6 is 0 Å². The lowest BCUT2D eigenvalue weighted by atomic mass is 9.73. The number of carbonyl (C=O) groups excluding carboxylic acids is 2. The van der Waals surface area contributed by atoms with Gasteiger partial charge in [0.1, 0.15) is 0 Å². The van der Waals surface area contributed by atoms with Crippen LogP contribution in [0.25, 0.3) is 0 Å². The fourth-order valence-corrected chi connectivity index (χ4v) is 3.71. The summed E-state index contributed by atoms with van der Waals surface area (Å²) >= 11 is 0. The summed E-state index contributed by atoms with van der Waals surface area (Å²) in [6.07, 6.45) is 5.20. The lowest BCUT2D eigenvalue weighted by Crippen LogP contribution is -2.50. The zero-order valence-corrected chi connectivity index (χ0v) is 12.8. The second kappa shape index (κ2) is 5.45. The molecule has 0 aromatic carbocycles. The van der Waals surface area contributed by atoms with E-state index in [4.69, 9.17) is 0 Å². The van der Waals surface area contributed by atoms with Crippen molar-refractivity contribution in [2.75, 3.05) is 27.2 Å². The summed E-state index contributed by atoms with van der Waals surface area (Å²) in [6.45, 7) is 2.21. The zero-order valence-electron chi connectivity index (χ0n) is 12.8. The Morgan fingerprint density at radius 1 is 1.25 bits per heavy atom. The Balaban J connectivity index is 2.09. The van der Waals surface area contributed by atoms with Gasteiger partial charge in [0.25, 0.3) is 0 Å². The highest BCUT2D eigenvalue weighted by atomic mass is 16.3. The van der Waals surface area contributed by atoms with Crippen molar-refractivity contribution in [3.8, 4) is 0 Å². The first-order chi connectivity index (χ1) is 9.26. The van der Waals surface area contributed by atoms with Crippen molar-refractivity contribution in [2.24, 2.45) is 5.41 Å². The van der Waals surface area contributed by atoms with Gasteiger partial charge in [0.15, 0.2) is 0 Å². The molecule has 0 aromatic rings. The van der Waals surface area contributed by atoms with E-state index in [1.54, 1.807) is 6.92 Å². The van der Waals surface area contributed by atoms with E-state index in [9.17, 15) is 14.7 Å². The number of likely N-dealkylation sites (tertiary alicyclic amines) is 1. The number of amides is 2. The molecule has 1 aliphatic carbocycles. The normalized spacial score (nSPS) is 25.6. The number of hydrogen-bond acceptors (Lipinski definition) is 4. The minimum Gasteiger partial charge on any atom is -0.387 e. The molecule has 0 radical (unpaired) electrons. The van der Waals surface area contributed by atoms with Gasteiger partial charge in [0, 0.05) is 13.0 Å². The number of aliphatic hydroxyl groups is 1. The summed E-state index contributed by atoms with van der Waals surface area (Å²) in [4.78, 5) is 28.0. The minimum absolute atomic E-state index is 0.0544. The number of carbonyl (C=O) groups is 2. The second-order valence-corrected chi connectivity index (χ2v) is 7.04. The number of imide groups is 1. The van der Waals surface area contributed by atoms with Crippen LogP contribution in [0.15, 0.2) is 0 Å². The van der Waals surface area contributed by atoms with Crippen LogP contribution < -0.4 is 0 Å². The molecule has 20 heavy (non-hydrogen) atoms. The molecule has 1 atom stereocenters. The monoisotopic (exact) mass is 282 g/mol. The van der Waals surface area contributed by atoms with Crippen LogP contribution in [0, 0.1) is 5.41 Å². The van der Waals surface area contributed by atoms with Crippen LogP contribution in [0.3, 0.4) is 0 Å². The molecule has 2 rings (SSSR count). The van der Waals surface area contributed by atoms with Gasteiger partial charge in [-0.25, -0.2) is 0 Å². The van der Waals surface area contributed by atoms with Gasteiger partial charge in [-0.15, -0.1) is 0 Å². The summed E-state index contributed by atoms with van der Waals surface area (Å²) < 4.78 is 0. The first-order valence-corrected chi connectivity index (χ1v) is 7.48. The highest BCUT2D eigenvalue weighted by Crippen LogP contribution is 2.45. The van der Waals surface area contributed by atoms with E-state index in [-0.39, 0.29) is 18.4 Å². The fraction of sp³-hybridized carbons (Fsp3) is 0.867. The molecular weight excluding hydrogens is 256 g/mol. The van der Waals surface area contributed by atoms with E-state index in [2.05, 4.69) is 0 Å². The summed E-state index contributed by atoms with van der Waals surface area (Å²) in [6, 6.07) is 0. The van der Waals surface area contributed by atoms with Crippen LogP contribution in [0.2, 0.25) is 0 Å². The van der Waals surface area contributed by atoms with Gasteiger partial charge in [-0.2, -0.15) is 0 Å². The smallest absolute Gasteiger partial charge is 0.236 e. The van der Waals surface area contributed by atoms with Crippen LogP contribution in [0.5, 0.6) is 0 Å². The lowest BCUT2D eigenvalue weighted by molar-refractivity contribution is -0.146. The number of hydrogen-bond donors (Lipinski definition) is 1. The second-order valence-electron chi connectivity index (χ2n) is 7.04. The Bertz CT molecular complexity index is 398. The maximum absolute atomic E-state index is 12.6. The van der Waals surface area contributed by atoms with Crippen molar-refractivity contribution < 1.29 is 14.7 Å². The fourth-order valence-electron chi connectivity index (χ4n) is 3.71. The molecule has 1 spiro atoms. The standard InChI is InChI=1S/C15H26N2O3/c1-14(20,10-16(2)3)11-17-12(18)9-15(13(17)19)7-5-4-6-8-15/h20H,4-11H2,1-3H3. The molecule has 1 aliphatic heterocycles. The lowest BCUT2D eigenvalue weighted by Gasteiger charge is -2.33. The SMILES string of the molecule is CN(C)CC(C)(O)CN1C(=O)CC2(CCCCC2)C1=O. The van der Waals surface area contributed by atoms with Crippen molar-refractivity contribution in [3.63, 3.8) is 0 Å². The summed E-state index contributed by atoms with van der Waals surface area (Å²) in [5.41, 5.74) is -1.52. The summed E-state index contributed by atoms with van der Waals surface area (Å²) in [7, 11) is 3.73. The Kier molecular flexibility index (Phi) is 4.21. The highest BCUT2D eigenvalue weighted by Gasteiger charge is 2.52. The van der Waals surface area contributed by atoms with Gasteiger partial charge in [-0.1, -0.05) is 19.3 Å². The van der Waals surface area contributed by atoms with E-state index in [1.807, 2.05) is 19.0 Å². The zero-order chi connectivity index (χ0) is 15.0. The van der Waals surface area contributed by atoms with Crippen LogP contribution in [0.1, 0.15) is 45.4 Å².